The van der Waals surface area contributed by atoms with Gasteiger partial charge in [0.2, 0.25) is 17.7 Å². The van der Waals surface area contributed by atoms with Gasteiger partial charge in [-0.25, -0.2) is 8.78 Å². The Kier molecular flexibility index (Phi) is 8.50. The molecule has 1 heterocycles. The lowest BCUT2D eigenvalue weighted by molar-refractivity contribution is -0.137. The van der Waals surface area contributed by atoms with E-state index in [0.29, 0.717) is 26.1 Å². The molecular formula is C20H27F2N3O4. The van der Waals surface area contributed by atoms with Gasteiger partial charge in [0.25, 0.3) is 0 Å². The first-order valence-electron chi connectivity index (χ1n) is 9.62. The van der Waals surface area contributed by atoms with E-state index in [4.69, 9.17) is 4.74 Å². The molecule has 1 aliphatic rings. The van der Waals surface area contributed by atoms with Crippen LogP contribution in [0.15, 0.2) is 18.2 Å². The zero-order valence-corrected chi connectivity index (χ0v) is 16.7. The first-order chi connectivity index (χ1) is 13.8. The third-order valence-corrected chi connectivity index (χ3v) is 4.72. The fourth-order valence-electron chi connectivity index (χ4n) is 3.22. The van der Waals surface area contributed by atoms with E-state index in [1.165, 1.54) is 6.92 Å². The third kappa shape index (κ3) is 7.08. The van der Waals surface area contributed by atoms with E-state index >= 15 is 0 Å². The summed E-state index contributed by atoms with van der Waals surface area (Å²) in [5.41, 5.74) is 0.167. The zero-order valence-electron chi connectivity index (χ0n) is 16.7. The van der Waals surface area contributed by atoms with E-state index in [-0.39, 0.29) is 17.9 Å². The Labute approximate surface area is 168 Å². The number of nitrogens with one attached hydrogen (secondary N) is 2. The topological polar surface area (TPSA) is 87.7 Å². The molecule has 1 saturated heterocycles. The van der Waals surface area contributed by atoms with Crippen molar-refractivity contribution in [1.29, 1.82) is 0 Å². The Hall–Kier alpha value is -2.55. The van der Waals surface area contributed by atoms with Crippen LogP contribution in [0.4, 0.5) is 8.78 Å². The van der Waals surface area contributed by atoms with E-state index in [0.717, 1.165) is 31.0 Å². The Bertz CT molecular complexity index is 724. The largest absolute Gasteiger partial charge is 0.383 e. The quantitative estimate of drug-likeness (QED) is 0.672. The highest BCUT2D eigenvalue weighted by molar-refractivity contribution is 5.92. The van der Waals surface area contributed by atoms with Gasteiger partial charge in [-0.05, 0) is 43.9 Å². The molecule has 9 heteroatoms. The maximum atomic E-state index is 13.2. The number of carbonyl (C=O) groups is 3. The van der Waals surface area contributed by atoms with Gasteiger partial charge in [0.1, 0.15) is 23.7 Å². The lowest BCUT2D eigenvalue weighted by Gasteiger charge is -2.25. The Morgan fingerprint density at radius 2 is 1.93 bits per heavy atom. The van der Waals surface area contributed by atoms with Crippen molar-refractivity contribution >= 4 is 17.7 Å². The molecule has 0 aromatic heterocycles. The minimum atomic E-state index is -0.899. The fourth-order valence-corrected chi connectivity index (χ4v) is 3.22. The van der Waals surface area contributed by atoms with Crippen LogP contribution in [0.1, 0.15) is 31.7 Å². The summed E-state index contributed by atoms with van der Waals surface area (Å²) in [6.45, 7) is 2.98. The van der Waals surface area contributed by atoms with Gasteiger partial charge in [-0.15, -0.1) is 0 Å². The van der Waals surface area contributed by atoms with Crippen LogP contribution in [0.2, 0.25) is 0 Å². The summed E-state index contributed by atoms with van der Waals surface area (Å²) >= 11 is 0. The van der Waals surface area contributed by atoms with E-state index in [1.807, 2.05) is 0 Å². The highest BCUT2D eigenvalue weighted by Crippen LogP contribution is 2.13. The van der Waals surface area contributed by atoms with Crippen molar-refractivity contribution in [2.24, 2.45) is 0 Å². The van der Waals surface area contributed by atoms with Crippen molar-refractivity contribution in [2.45, 2.75) is 44.7 Å². The SMILES string of the molecule is COCCN1CCCC[C@H](NC(=O)[C@H](C)NC(=O)Cc2cc(F)cc(F)c2)C1=O. The first kappa shape index (κ1) is 22.7. The van der Waals surface area contributed by atoms with Crippen LogP contribution in [-0.2, 0) is 25.5 Å². The number of halogens is 2. The summed E-state index contributed by atoms with van der Waals surface area (Å²) in [5, 5.41) is 5.19. The zero-order chi connectivity index (χ0) is 21.4. The molecule has 2 N–H and O–H groups in total. The molecule has 2 rings (SSSR count). The van der Waals surface area contributed by atoms with Crippen molar-refractivity contribution in [3.05, 3.63) is 35.4 Å². The van der Waals surface area contributed by atoms with E-state index in [2.05, 4.69) is 10.6 Å². The molecule has 2 atom stereocenters. The number of nitrogens with zero attached hydrogens (tertiary/aromatic N) is 1. The summed E-state index contributed by atoms with van der Waals surface area (Å²) < 4.78 is 31.5. The highest BCUT2D eigenvalue weighted by atomic mass is 19.1. The van der Waals surface area contributed by atoms with Crippen LogP contribution in [0.5, 0.6) is 0 Å². The van der Waals surface area contributed by atoms with Crippen LogP contribution >= 0.6 is 0 Å². The van der Waals surface area contributed by atoms with Gasteiger partial charge in [-0.3, -0.25) is 14.4 Å². The van der Waals surface area contributed by atoms with Gasteiger partial charge in [0, 0.05) is 26.3 Å². The number of ether oxygens (including phenoxy) is 1. The summed E-state index contributed by atoms with van der Waals surface area (Å²) in [5.74, 6) is -2.75. The molecule has 160 valence electrons. The van der Waals surface area contributed by atoms with Crippen LogP contribution in [0.25, 0.3) is 0 Å². The lowest BCUT2D eigenvalue weighted by atomic mass is 10.1. The Morgan fingerprint density at radius 3 is 2.59 bits per heavy atom. The van der Waals surface area contributed by atoms with Crippen molar-refractivity contribution in [1.82, 2.24) is 15.5 Å². The number of methoxy groups -OCH3 is 1. The van der Waals surface area contributed by atoms with Gasteiger partial charge < -0.3 is 20.3 Å². The predicted octanol–water partition coefficient (Wildman–Crippen LogP) is 1.16. The molecule has 0 aliphatic carbocycles. The van der Waals surface area contributed by atoms with E-state index < -0.39 is 35.5 Å². The number of likely N-dealkylation sites (tertiary alicyclic amines) is 1. The molecule has 0 bridgehead atoms. The number of carbonyl (C=O) groups excluding carboxylic acids is 3. The molecule has 0 radical (unpaired) electrons. The van der Waals surface area contributed by atoms with E-state index in [1.54, 1.807) is 12.0 Å². The predicted molar refractivity (Wildman–Crippen MR) is 102 cm³/mol. The number of hydrogen-bond acceptors (Lipinski definition) is 4. The van der Waals surface area contributed by atoms with Gasteiger partial charge in [0.15, 0.2) is 0 Å². The number of hydrogen-bond donors (Lipinski definition) is 2. The molecule has 1 aromatic carbocycles. The maximum Gasteiger partial charge on any atom is 0.245 e. The summed E-state index contributed by atoms with van der Waals surface area (Å²) in [6, 6.07) is 1.29. The molecule has 0 spiro atoms. The highest BCUT2D eigenvalue weighted by Gasteiger charge is 2.29. The standard InChI is InChI=1S/C20H27F2N3O4/c1-13(23-18(26)11-14-9-15(21)12-16(22)10-14)19(27)24-17-5-3-4-6-25(20(17)28)7-8-29-2/h9-10,12-13,17H,3-8,11H2,1-2H3,(H,23,26)(H,24,27)/t13-,17-/m0/s1. The Morgan fingerprint density at radius 1 is 1.24 bits per heavy atom. The average molecular weight is 411 g/mol. The Balaban J connectivity index is 1.89. The molecule has 29 heavy (non-hydrogen) atoms. The molecule has 1 fully saturated rings. The summed E-state index contributed by atoms with van der Waals surface area (Å²) in [4.78, 5) is 38.9. The number of amides is 3. The van der Waals surface area contributed by atoms with Crippen LogP contribution in [0, 0.1) is 11.6 Å². The number of rotatable bonds is 8. The van der Waals surface area contributed by atoms with Crippen molar-refractivity contribution in [3.63, 3.8) is 0 Å². The van der Waals surface area contributed by atoms with Gasteiger partial charge in [0.05, 0.1) is 13.0 Å². The molecule has 0 saturated carbocycles. The third-order valence-electron chi connectivity index (χ3n) is 4.72. The van der Waals surface area contributed by atoms with Gasteiger partial charge >= 0.3 is 0 Å². The van der Waals surface area contributed by atoms with Crippen molar-refractivity contribution < 1.29 is 27.9 Å². The lowest BCUT2D eigenvalue weighted by Crippen LogP contribution is -2.53. The summed E-state index contributed by atoms with van der Waals surface area (Å²) in [7, 11) is 1.56. The van der Waals surface area contributed by atoms with Gasteiger partial charge in [-0.2, -0.15) is 0 Å². The molecular weight excluding hydrogens is 384 g/mol. The second kappa shape index (κ2) is 10.8. The molecule has 1 aromatic rings. The first-order valence-corrected chi connectivity index (χ1v) is 9.62. The van der Waals surface area contributed by atoms with Crippen LogP contribution in [-0.4, -0.2) is 61.5 Å². The maximum absolute atomic E-state index is 13.2. The molecule has 3 amide bonds. The second-order valence-corrected chi connectivity index (χ2v) is 7.12. The molecule has 0 unspecified atom stereocenters. The van der Waals surface area contributed by atoms with Crippen molar-refractivity contribution in [2.75, 3.05) is 26.8 Å². The van der Waals surface area contributed by atoms with Crippen LogP contribution in [0.3, 0.4) is 0 Å². The normalized spacial score (nSPS) is 18.1. The van der Waals surface area contributed by atoms with Crippen molar-refractivity contribution in [3.8, 4) is 0 Å². The summed E-state index contributed by atoms with van der Waals surface area (Å²) in [6.07, 6.45) is 1.90. The minimum Gasteiger partial charge on any atom is -0.383 e. The number of benzene rings is 1. The fraction of sp³-hybridized carbons (Fsp3) is 0.550. The van der Waals surface area contributed by atoms with Gasteiger partial charge in [-0.1, -0.05) is 0 Å². The monoisotopic (exact) mass is 411 g/mol. The van der Waals surface area contributed by atoms with Crippen LogP contribution < -0.4 is 10.6 Å². The molecule has 1 aliphatic heterocycles. The smallest absolute Gasteiger partial charge is 0.245 e. The second-order valence-electron chi connectivity index (χ2n) is 7.12. The average Bonchev–Trinajstić information content (AvgIpc) is 2.80. The molecule has 7 nitrogen and oxygen atoms in total. The minimum absolute atomic E-state index is 0.165. The van der Waals surface area contributed by atoms with E-state index in [9.17, 15) is 23.2 Å².